The number of likely N-dealkylation sites (tertiary alicyclic amines) is 1. The smallest absolute Gasteiger partial charge is 0.317 e. The van der Waals surface area contributed by atoms with Crippen molar-refractivity contribution in [2.45, 2.75) is 69.7 Å². The van der Waals surface area contributed by atoms with E-state index in [9.17, 15) is 9.90 Å². The average Bonchev–Trinajstić information content (AvgIpc) is 2.47. The molecule has 6 heteroatoms. The number of aliphatic hydroxyl groups is 1. The van der Waals surface area contributed by atoms with Gasteiger partial charge in [-0.15, -0.1) is 0 Å². The minimum absolute atomic E-state index is 0.0180. The van der Waals surface area contributed by atoms with Crippen molar-refractivity contribution in [2.75, 3.05) is 19.7 Å². The van der Waals surface area contributed by atoms with E-state index in [0.717, 1.165) is 45.1 Å². The second-order valence-corrected chi connectivity index (χ2v) is 6.17. The van der Waals surface area contributed by atoms with Gasteiger partial charge in [-0.2, -0.15) is 0 Å². The third-order valence-electron chi connectivity index (χ3n) is 4.57. The third kappa shape index (κ3) is 4.56. The molecule has 1 saturated heterocycles. The van der Waals surface area contributed by atoms with Crippen LogP contribution >= 0.6 is 0 Å². The molecule has 6 nitrogen and oxygen atoms in total. The lowest BCUT2D eigenvalue weighted by molar-refractivity contribution is -0.0315. The molecule has 1 heterocycles. The minimum Gasteiger partial charge on any atom is -0.393 e. The van der Waals surface area contributed by atoms with Crippen LogP contribution < -0.4 is 11.1 Å². The quantitative estimate of drug-likeness (QED) is 0.717. The van der Waals surface area contributed by atoms with Gasteiger partial charge in [0.1, 0.15) is 0 Å². The van der Waals surface area contributed by atoms with E-state index in [-0.39, 0.29) is 30.3 Å². The number of amides is 2. The summed E-state index contributed by atoms with van der Waals surface area (Å²) in [7, 11) is 0. The highest BCUT2D eigenvalue weighted by Crippen LogP contribution is 2.23. The Labute approximate surface area is 127 Å². The van der Waals surface area contributed by atoms with Crippen LogP contribution in [0, 0.1) is 0 Å². The van der Waals surface area contributed by atoms with Gasteiger partial charge in [0.25, 0.3) is 0 Å². The van der Waals surface area contributed by atoms with Crippen LogP contribution in [0.4, 0.5) is 4.79 Å². The van der Waals surface area contributed by atoms with Gasteiger partial charge in [-0.1, -0.05) is 0 Å². The van der Waals surface area contributed by atoms with Crippen LogP contribution in [0.1, 0.15) is 45.4 Å². The summed E-state index contributed by atoms with van der Waals surface area (Å²) in [5.74, 6) is 0. The number of nitrogens with one attached hydrogen (secondary N) is 1. The van der Waals surface area contributed by atoms with Gasteiger partial charge in [-0.05, 0) is 45.4 Å². The first kappa shape index (κ1) is 16.5. The Morgan fingerprint density at radius 1 is 1.33 bits per heavy atom. The summed E-state index contributed by atoms with van der Waals surface area (Å²) in [4.78, 5) is 13.9. The van der Waals surface area contributed by atoms with E-state index in [0.29, 0.717) is 13.2 Å². The van der Waals surface area contributed by atoms with Crippen molar-refractivity contribution in [3.05, 3.63) is 0 Å². The zero-order valence-corrected chi connectivity index (χ0v) is 13.0. The Bertz CT molecular complexity index is 332. The van der Waals surface area contributed by atoms with Gasteiger partial charge in [0.2, 0.25) is 0 Å². The van der Waals surface area contributed by atoms with E-state index >= 15 is 0 Å². The highest BCUT2D eigenvalue weighted by molar-refractivity contribution is 5.74. The molecule has 21 heavy (non-hydrogen) atoms. The zero-order chi connectivity index (χ0) is 15.2. The first-order valence-electron chi connectivity index (χ1n) is 8.21. The molecule has 122 valence electrons. The molecule has 1 aliphatic heterocycles. The molecule has 0 radical (unpaired) electrons. The van der Waals surface area contributed by atoms with Crippen molar-refractivity contribution in [3.63, 3.8) is 0 Å². The van der Waals surface area contributed by atoms with Crippen LogP contribution in [0.5, 0.6) is 0 Å². The predicted molar refractivity (Wildman–Crippen MR) is 81.0 cm³/mol. The van der Waals surface area contributed by atoms with Crippen molar-refractivity contribution in [1.82, 2.24) is 10.2 Å². The zero-order valence-electron chi connectivity index (χ0n) is 13.0. The Morgan fingerprint density at radius 3 is 2.71 bits per heavy atom. The topological polar surface area (TPSA) is 87.8 Å². The Morgan fingerprint density at radius 2 is 2.05 bits per heavy atom. The second kappa shape index (κ2) is 7.96. The first-order chi connectivity index (χ1) is 10.1. The fraction of sp³-hybridized carbons (Fsp3) is 0.933. The van der Waals surface area contributed by atoms with Gasteiger partial charge >= 0.3 is 6.03 Å². The summed E-state index contributed by atoms with van der Waals surface area (Å²) >= 11 is 0. The van der Waals surface area contributed by atoms with Gasteiger partial charge in [0.15, 0.2) is 0 Å². The Hall–Kier alpha value is -0.850. The van der Waals surface area contributed by atoms with Crippen LogP contribution in [0.3, 0.4) is 0 Å². The molecule has 2 fully saturated rings. The van der Waals surface area contributed by atoms with Crippen molar-refractivity contribution < 1.29 is 14.6 Å². The number of carbonyl (C=O) groups is 1. The number of ether oxygens (including phenoxy) is 1. The SMILES string of the molecule is CCNC(=O)N1CCC[C@H](N)[C@@H]1COC1CCC(O)CC1. The number of rotatable bonds is 4. The summed E-state index contributed by atoms with van der Waals surface area (Å²) in [6.07, 6.45) is 5.31. The number of urea groups is 1. The monoisotopic (exact) mass is 299 g/mol. The van der Waals surface area contributed by atoms with Gasteiger partial charge < -0.3 is 25.8 Å². The molecule has 2 rings (SSSR count). The molecule has 2 atom stereocenters. The van der Waals surface area contributed by atoms with E-state index in [2.05, 4.69) is 5.32 Å². The molecule has 0 aromatic rings. The number of nitrogens with zero attached hydrogens (tertiary/aromatic N) is 1. The molecular formula is C15H29N3O3. The van der Waals surface area contributed by atoms with Crippen LogP contribution in [0.2, 0.25) is 0 Å². The van der Waals surface area contributed by atoms with E-state index in [4.69, 9.17) is 10.5 Å². The number of aliphatic hydroxyl groups excluding tert-OH is 1. The molecule has 0 spiro atoms. The maximum absolute atomic E-state index is 12.1. The van der Waals surface area contributed by atoms with Crippen LogP contribution in [0.25, 0.3) is 0 Å². The normalized spacial score (nSPS) is 33.8. The molecule has 1 aliphatic carbocycles. The second-order valence-electron chi connectivity index (χ2n) is 6.17. The minimum atomic E-state index is -0.173. The van der Waals surface area contributed by atoms with Crippen molar-refractivity contribution in [1.29, 1.82) is 0 Å². The van der Waals surface area contributed by atoms with Crippen molar-refractivity contribution in [3.8, 4) is 0 Å². The molecule has 0 unspecified atom stereocenters. The summed E-state index contributed by atoms with van der Waals surface area (Å²) in [6.45, 7) is 3.79. The number of hydrogen-bond donors (Lipinski definition) is 3. The highest BCUT2D eigenvalue weighted by atomic mass is 16.5. The lowest BCUT2D eigenvalue weighted by Crippen LogP contribution is -2.59. The lowest BCUT2D eigenvalue weighted by atomic mass is 9.94. The number of carbonyl (C=O) groups excluding carboxylic acids is 1. The molecule has 0 aromatic carbocycles. The fourth-order valence-corrected chi connectivity index (χ4v) is 3.25. The van der Waals surface area contributed by atoms with Crippen LogP contribution in [0.15, 0.2) is 0 Å². The molecular weight excluding hydrogens is 270 g/mol. The number of nitrogens with two attached hydrogens (primary N) is 1. The fourth-order valence-electron chi connectivity index (χ4n) is 3.25. The number of hydrogen-bond acceptors (Lipinski definition) is 4. The van der Waals surface area contributed by atoms with E-state index in [1.165, 1.54) is 0 Å². The van der Waals surface area contributed by atoms with Crippen molar-refractivity contribution >= 4 is 6.03 Å². The first-order valence-corrected chi connectivity index (χ1v) is 8.21. The summed E-state index contributed by atoms with van der Waals surface area (Å²) in [5, 5.41) is 12.4. The van der Waals surface area contributed by atoms with Gasteiger partial charge in [0.05, 0.1) is 24.9 Å². The lowest BCUT2D eigenvalue weighted by Gasteiger charge is -2.40. The molecule has 0 bridgehead atoms. The predicted octanol–water partition coefficient (Wildman–Crippen LogP) is 0.828. The van der Waals surface area contributed by atoms with E-state index in [1.54, 1.807) is 0 Å². The van der Waals surface area contributed by atoms with Gasteiger partial charge in [-0.25, -0.2) is 4.79 Å². The molecule has 0 aromatic heterocycles. The number of piperidine rings is 1. The summed E-state index contributed by atoms with van der Waals surface area (Å²) in [6, 6.07) is -0.104. The third-order valence-corrected chi connectivity index (χ3v) is 4.57. The Balaban J connectivity index is 1.86. The molecule has 2 amide bonds. The highest BCUT2D eigenvalue weighted by Gasteiger charge is 2.33. The van der Waals surface area contributed by atoms with Gasteiger partial charge in [-0.3, -0.25) is 0 Å². The largest absolute Gasteiger partial charge is 0.393 e. The van der Waals surface area contributed by atoms with Crippen molar-refractivity contribution in [2.24, 2.45) is 5.73 Å². The average molecular weight is 299 g/mol. The van der Waals surface area contributed by atoms with Gasteiger partial charge in [0, 0.05) is 19.1 Å². The van der Waals surface area contributed by atoms with Crippen LogP contribution in [-0.2, 0) is 4.74 Å². The maximum Gasteiger partial charge on any atom is 0.317 e. The van der Waals surface area contributed by atoms with Crippen LogP contribution in [-0.4, -0.2) is 60.0 Å². The van der Waals surface area contributed by atoms with E-state index in [1.807, 2.05) is 11.8 Å². The maximum atomic E-state index is 12.1. The summed E-state index contributed by atoms with van der Waals surface area (Å²) < 4.78 is 5.99. The standard InChI is InChI=1S/C15H29N3O3/c1-2-17-15(20)18-9-3-4-13(16)14(18)10-21-12-7-5-11(19)6-8-12/h11-14,19H,2-10,16H2,1H3,(H,17,20)/t11?,12?,13-,14-/m0/s1. The summed E-state index contributed by atoms with van der Waals surface area (Å²) in [5.41, 5.74) is 6.20. The molecule has 1 saturated carbocycles. The molecule has 2 aliphatic rings. The Kier molecular flexibility index (Phi) is 6.26. The van der Waals surface area contributed by atoms with E-state index < -0.39 is 0 Å². The molecule has 4 N–H and O–H groups in total.